The number of nitrogens with two attached hydrogens (primary N) is 2. The number of hydrogen-bond acceptors (Lipinski definition) is 7. The number of nitro benzene ring substituents is 2. The zero-order chi connectivity index (χ0) is 16.0. The van der Waals surface area contributed by atoms with Crippen molar-refractivity contribution >= 4 is 22.7 Å². The van der Waals surface area contributed by atoms with Crippen molar-refractivity contribution in [2.45, 2.75) is 0 Å². The van der Waals surface area contributed by atoms with Crippen molar-refractivity contribution < 1.29 is 15.0 Å². The van der Waals surface area contributed by atoms with Gasteiger partial charge < -0.3 is 16.6 Å². The minimum Gasteiger partial charge on any atom is -0.506 e. The summed E-state index contributed by atoms with van der Waals surface area (Å²) in [6.45, 7) is 0. The zero-order valence-electron chi connectivity index (χ0n) is 10.7. The summed E-state index contributed by atoms with van der Waals surface area (Å²) in [5.74, 6) is 0.0733. The summed E-state index contributed by atoms with van der Waals surface area (Å²) in [4.78, 5) is 19.0. The van der Waals surface area contributed by atoms with Crippen molar-refractivity contribution in [3.63, 3.8) is 0 Å². The quantitative estimate of drug-likeness (QED) is 0.251. The molecule has 0 fully saturated rings. The average molecular weight is 292 g/mol. The minimum absolute atomic E-state index is 0.0733. The van der Waals surface area contributed by atoms with Gasteiger partial charge in [0, 0.05) is 17.8 Å². The van der Waals surface area contributed by atoms with E-state index in [0.717, 1.165) is 6.07 Å². The number of nitrogens with zero attached hydrogens (tertiary/aromatic N) is 2. The van der Waals surface area contributed by atoms with Gasteiger partial charge in [-0.15, -0.1) is 0 Å². The highest BCUT2D eigenvalue weighted by atomic mass is 16.6. The van der Waals surface area contributed by atoms with Crippen molar-refractivity contribution in [1.82, 2.24) is 0 Å². The number of aromatic hydroxyl groups is 1. The second-order valence-electron chi connectivity index (χ2n) is 3.85. The zero-order valence-corrected chi connectivity index (χ0v) is 10.7. The van der Waals surface area contributed by atoms with E-state index in [4.69, 9.17) is 16.6 Å². The molecule has 21 heavy (non-hydrogen) atoms. The summed E-state index contributed by atoms with van der Waals surface area (Å²) in [7, 11) is 0. The molecule has 0 aliphatic heterocycles. The molecule has 0 saturated heterocycles. The highest BCUT2D eigenvalue weighted by Gasteiger charge is 2.11. The molecule has 0 aliphatic rings. The van der Waals surface area contributed by atoms with Crippen LogP contribution in [0.15, 0.2) is 42.5 Å². The minimum atomic E-state index is -0.674. The standard InChI is InChI=1S/C6H4N2O4.C6H8N2O/c9-7(10)5-2-1-3-6(4-5)8(11)12;7-4-1-2-6(9)5(8)3-4/h1-4H;1-3,9H,7-8H2. The Morgan fingerprint density at radius 3 is 1.81 bits per heavy atom. The van der Waals surface area contributed by atoms with Gasteiger partial charge in [-0.2, -0.15) is 0 Å². The fraction of sp³-hybridized carbons (Fsp3) is 0. The first-order valence-electron chi connectivity index (χ1n) is 5.54. The van der Waals surface area contributed by atoms with Gasteiger partial charge in [0.05, 0.1) is 21.6 Å². The molecule has 0 amide bonds. The third-order valence-corrected chi connectivity index (χ3v) is 2.30. The van der Waals surface area contributed by atoms with Gasteiger partial charge in [-0.1, -0.05) is 0 Å². The highest BCUT2D eigenvalue weighted by molar-refractivity contribution is 5.59. The van der Waals surface area contributed by atoms with Gasteiger partial charge >= 0.3 is 0 Å². The monoisotopic (exact) mass is 292 g/mol. The molecule has 0 aromatic heterocycles. The lowest BCUT2D eigenvalue weighted by atomic mass is 10.3. The molecule has 0 heterocycles. The van der Waals surface area contributed by atoms with Gasteiger partial charge in [0.2, 0.25) is 0 Å². The first-order valence-corrected chi connectivity index (χ1v) is 5.54. The van der Waals surface area contributed by atoms with Crippen LogP contribution in [0.1, 0.15) is 0 Å². The Morgan fingerprint density at radius 2 is 1.43 bits per heavy atom. The van der Waals surface area contributed by atoms with Gasteiger partial charge in [0.25, 0.3) is 11.4 Å². The molecule has 110 valence electrons. The molecular weight excluding hydrogens is 280 g/mol. The van der Waals surface area contributed by atoms with Crippen LogP contribution >= 0.6 is 0 Å². The van der Waals surface area contributed by atoms with Crippen LogP contribution in [0.5, 0.6) is 5.75 Å². The molecule has 0 radical (unpaired) electrons. The third-order valence-electron chi connectivity index (χ3n) is 2.30. The lowest BCUT2D eigenvalue weighted by molar-refractivity contribution is -0.394. The van der Waals surface area contributed by atoms with Crippen molar-refractivity contribution in [3.8, 4) is 5.75 Å². The van der Waals surface area contributed by atoms with Crippen LogP contribution < -0.4 is 11.5 Å². The van der Waals surface area contributed by atoms with E-state index in [0.29, 0.717) is 11.4 Å². The van der Waals surface area contributed by atoms with Crippen molar-refractivity contribution in [3.05, 3.63) is 62.7 Å². The van der Waals surface area contributed by atoms with Crippen LogP contribution in [0, 0.1) is 20.2 Å². The molecule has 0 unspecified atom stereocenters. The van der Waals surface area contributed by atoms with Gasteiger partial charge in [-0.25, -0.2) is 0 Å². The molecule has 2 aromatic carbocycles. The smallest absolute Gasteiger partial charge is 0.276 e. The van der Waals surface area contributed by atoms with Crippen molar-refractivity contribution in [2.24, 2.45) is 0 Å². The fourth-order valence-electron chi connectivity index (χ4n) is 1.29. The Labute approximate surface area is 118 Å². The van der Waals surface area contributed by atoms with E-state index in [1.807, 2.05) is 0 Å². The maximum atomic E-state index is 10.2. The maximum Gasteiger partial charge on any atom is 0.276 e. The Morgan fingerprint density at radius 1 is 0.905 bits per heavy atom. The Bertz CT molecular complexity index is 645. The first kappa shape index (κ1) is 15.7. The molecule has 0 bridgehead atoms. The molecular formula is C12H12N4O5. The highest BCUT2D eigenvalue weighted by Crippen LogP contribution is 2.21. The summed E-state index contributed by atoms with van der Waals surface area (Å²) >= 11 is 0. The van der Waals surface area contributed by atoms with E-state index in [2.05, 4.69) is 0 Å². The van der Waals surface area contributed by atoms with E-state index < -0.39 is 9.85 Å². The van der Waals surface area contributed by atoms with E-state index in [9.17, 15) is 20.2 Å². The summed E-state index contributed by atoms with van der Waals surface area (Å²) in [5.41, 5.74) is 11.0. The van der Waals surface area contributed by atoms with Crippen molar-refractivity contribution in [1.29, 1.82) is 0 Å². The van der Waals surface area contributed by atoms with Crippen LogP contribution in [0.2, 0.25) is 0 Å². The van der Waals surface area contributed by atoms with Gasteiger partial charge in [-0.05, 0) is 24.3 Å². The molecule has 0 spiro atoms. The number of non-ortho nitro benzene ring substituents is 2. The summed E-state index contributed by atoms with van der Waals surface area (Å²) in [5, 5.41) is 29.2. The second kappa shape index (κ2) is 6.70. The largest absolute Gasteiger partial charge is 0.506 e. The lowest BCUT2D eigenvalue weighted by Gasteiger charge is -1.97. The van der Waals surface area contributed by atoms with Crippen LogP contribution in [0.25, 0.3) is 0 Å². The topological polar surface area (TPSA) is 159 Å². The predicted octanol–water partition coefficient (Wildman–Crippen LogP) is 2.06. The van der Waals surface area contributed by atoms with E-state index >= 15 is 0 Å². The summed E-state index contributed by atoms with van der Waals surface area (Å²) < 4.78 is 0. The van der Waals surface area contributed by atoms with Crippen LogP contribution in [-0.4, -0.2) is 15.0 Å². The molecule has 5 N–H and O–H groups in total. The number of phenolic OH excluding ortho intramolecular Hbond substituents is 1. The molecule has 0 atom stereocenters. The van der Waals surface area contributed by atoms with E-state index in [1.165, 1.54) is 30.3 Å². The Kier molecular flexibility index (Phi) is 5.01. The number of nitrogen functional groups attached to an aromatic ring is 2. The van der Waals surface area contributed by atoms with E-state index in [-0.39, 0.29) is 17.1 Å². The number of benzene rings is 2. The average Bonchev–Trinajstić information content (AvgIpc) is 2.44. The molecule has 0 saturated carbocycles. The first-order chi connectivity index (χ1) is 9.81. The number of hydrogen-bond donors (Lipinski definition) is 3. The molecule has 2 rings (SSSR count). The maximum absolute atomic E-state index is 10.2. The molecule has 9 heteroatoms. The van der Waals surface area contributed by atoms with Crippen molar-refractivity contribution in [2.75, 3.05) is 11.5 Å². The lowest BCUT2D eigenvalue weighted by Crippen LogP contribution is -1.91. The van der Waals surface area contributed by atoms with Gasteiger partial charge in [0.1, 0.15) is 5.75 Å². The van der Waals surface area contributed by atoms with Gasteiger partial charge in [0.15, 0.2) is 0 Å². The van der Waals surface area contributed by atoms with Crippen LogP contribution in [0.4, 0.5) is 22.7 Å². The molecule has 2 aromatic rings. The number of rotatable bonds is 2. The summed E-state index contributed by atoms with van der Waals surface area (Å²) in [6, 6.07) is 9.15. The third kappa shape index (κ3) is 4.67. The molecule has 0 aliphatic carbocycles. The number of anilines is 2. The number of nitro groups is 2. The second-order valence-corrected chi connectivity index (χ2v) is 3.85. The molecule has 9 nitrogen and oxygen atoms in total. The number of phenols is 1. The SMILES string of the molecule is Nc1ccc(O)c(N)c1.O=[N+]([O-])c1cccc([N+](=O)[O-])c1. The Hall–Kier alpha value is -3.36. The van der Waals surface area contributed by atoms with Crippen LogP contribution in [-0.2, 0) is 0 Å². The fourth-order valence-corrected chi connectivity index (χ4v) is 1.29. The Balaban J connectivity index is 0.000000219. The normalized spacial score (nSPS) is 9.33. The van der Waals surface area contributed by atoms with Gasteiger partial charge in [-0.3, -0.25) is 20.2 Å². The van der Waals surface area contributed by atoms with E-state index in [1.54, 1.807) is 6.07 Å². The summed E-state index contributed by atoms with van der Waals surface area (Å²) in [6.07, 6.45) is 0. The predicted molar refractivity (Wildman–Crippen MR) is 76.7 cm³/mol. The van der Waals surface area contributed by atoms with Crippen LogP contribution in [0.3, 0.4) is 0 Å².